The highest BCUT2D eigenvalue weighted by Crippen LogP contribution is 2.21. The topological polar surface area (TPSA) is 113 Å². The maximum absolute atomic E-state index is 11.7. The maximum atomic E-state index is 11.7. The largest absolute Gasteiger partial charge is 0.505 e. The molecule has 1 heterocycles. The second kappa shape index (κ2) is 18.0. The van der Waals surface area contributed by atoms with Crippen LogP contribution in [0.1, 0.15) is 84.0 Å². The predicted octanol–water partition coefficient (Wildman–Crippen LogP) is 5.51. The molecule has 0 saturated heterocycles. The number of hydrogen-bond acceptors (Lipinski definition) is 7. The van der Waals surface area contributed by atoms with Crippen LogP contribution in [0.5, 0.6) is 0 Å². The molecule has 1 aliphatic rings. The minimum absolute atomic E-state index is 0.234. The van der Waals surface area contributed by atoms with Gasteiger partial charge in [-0.2, -0.15) is 0 Å². The Hall–Kier alpha value is -2.54. The van der Waals surface area contributed by atoms with Gasteiger partial charge in [-0.25, -0.2) is 4.79 Å². The Morgan fingerprint density at radius 1 is 0.939 bits per heavy atom. The maximum Gasteiger partial charge on any atom is 0.377 e. The van der Waals surface area contributed by atoms with Crippen LogP contribution in [-0.4, -0.2) is 46.1 Å². The first-order valence-electron chi connectivity index (χ1n) is 12.1. The van der Waals surface area contributed by atoms with Crippen LogP contribution in [0, 0.1) is 0 Å². The zero-order valence-corrected chi connectivity index (χ0v) is 19.8. The molecule has 0 spiro atoms. The number of esters is 2. The number of carbonyl (C=O) groups is 2. The molecular weight excluding hydrogens is 424 g/mol. The van der Waals surface area contributed by atoms with Crippen LogP contribution in [0.15, 0.2) is 48.0 Å². The van der Waals surface area contributed by atoms with E-state index in [-0.39, 0.29) is 6.42 Å². The molecule has 3 N–H and O–H groups in total. The van der Waals surface area contributed by atoms with E-state index >= 15 is 0 Å². The van der Waals surface area contributed by atoms with Crippen molar-refractivity contribution >= 4 is 11.9 Å². The Morgan fingerprint density at radius 2 is 1.52 bits per heavy atom. The van der Waals surface area contributed by atoms with E-state index in [1.54, 1.807) is 0 Å². The van der Waals surface area contributed by atoms with E-state index in [1.807, 2.05) is 0 Å². The summed E-state index contributed by atoms with van der Waals surface area (Å²) in [5.74, 6) is -3.26. The van der Waals surface area contributed by atoms with Gasteiger partial charge < -0.3 is 24.8 Å². The van der Waals surface area contributed by atoms with Gasteiger partial charge in [-0.05, 0) is 44.9 Å². The Kier molecular flexibility index (Phi) is 15.5. The molecule has 1 aliphatic heterocycles. The van der Waals surface area contributed by atoms with E-state index in [2.05, 4.69) is 48.1 Å². The van der Waals surface area contributed by atoms with Crippen molar-refractivity contribution in [1.29, 1.82) is 0 Å². The van der Waals surface area contributed by atoms with Crippen LogP contribution in [0.2, 0.25) is 0 Å². The first kappa shape index (κ1) is 28.5. The molecule has 186 valence electrons. The summed E-state index contributed by atoms with van der Waals surface area (Å²) in [6.07, 6.45) is 22.3. The van der Waals surface area contributed by atoms with E-state index in [0.29, 0.717) is 6.42 Å². The van der Waals surface area contributed by atoms with E-state index in [4.69, 9.17) is 4.74 Å². The normalized spacial score (nSPS) is 17.5. The van der Waals surface area contributed by atoms with Gasteiger partial charge in [0.25, 0.3) is 0 Å². The third kappa shape index (κ3) is 12.9. The van der Waals surface area contributed by atoms with E-state index < -0.39 is 42.3 Å². The second-order valence-corrected chi connectivity index (χ2v) is 8.14. The van der Waals surface area contributed by atoms with Gasteiger partial charge in [-0.1, -0.05) is 69.1 Å². The smallest absolute Gasteiger partial charge is 0.377 e. The second-order valence-electron chi connectivity index (χ2n) is 8.14. The molecule has 0 amide bonds. The molecule has 0 fully saturated rings. The number of aliphatic hydroxyl groups is 3. The van der Waals surface area contributed by atoms with Crippen molar-refractivity contribution in [2.75, 3.05) is 6.61 Å². The number of hydrogen-bond donors (Lipinski definition) is 3. The van der Waals surface area contributed by atoms with Crippen molar-refractivity contribution in [3.8, 4) is 0 Å². The zero-order valence-electron chi connectivity index (χ0n) is 19.8. The average molecular weight is 465 g/mol. The molecule has 0 aromatic rings. The van der Waals surface area contributed by atoms with Crippen molar-refractivity contribution in [1.82, 2.24) is 0 Å². The molecule has 33 heavy (non-hydrogen) atoms. The van der Waals surface area contributed by atoms with Gasteiger partial charge in [-0.3, -0.25) is 4.79 Å². The van der Waals surface area contributed by atoms with Gasteiger partial charge in [0.15, 0.2) is 11.9 Å². The summed E-state index contributed by atoms with van der Waals surface area (Å²) in [6.45, 7) is 1.79. The fourth-order valence-corrected chi connectivity index (χ4v) is 3.24. The predicted molar refractivity (Wildman–Crippen MR) is 128 cm³/mol. The molecule has 0 aromatic carbocycles. The van der Waals surface area contributed by atoms with Crippen LogP contribution in [0.4, 0.5) is 0 Å². The number of allylic oxidation sites excluding steroid dienone is 6. The summed E-state index contributed by atoms with van der Waals surface area (Å²) in [5, 5.41) is 28.6. The molecule has 7 nitrogen and oxygen atoms in total. The highest BCUT2D eigenvalue weighted by Gasteiger charge is 2.39. The number of ether oxygens (including phenoxy) is 2. The van der Waals surface area contributed by atoms with E-state index in [0.717, 1.165) is 38.5 Å². The molecule has 0 bridgehead atoms. The summed E-state index contributed by atoms with van der Waals surface area (Å²) < 4.78 is 9.56. The zero-order chi connectivity index (χ0) is 24.3. The fraction of sp³-hybridized carbons (Fsp3) is 0.615. The monoisotopic (exact) mass is 464 g/mol. The summed E-state index contributed by atoms with van der Waals surface area (Å²) in [4.78, 5) is 22.8. The minimum Gasteiger partial charge on any atom is -0.505 e. The summed E-state index contributed by atoms with van der Waals surface area (Å²) in [5.41, 5.74) is 0. The van der Waals surface area contributed by atoms with Crippen molar-refractivity contribution in [3.05, 3.63) is 48.0 Å². The lowest BCUT2D eigenvalue weighted by atomic mass is 10.1. The van der Waals surface area contributed by atoms with Crippen LogP contribution in [-0.2, 0) is 19.1 Å². The molecule has 0 aromatic heterocycles. The molecule has 7 heteroatoms. The number of carbonyl (C=O) groups excluding carboxylic acids is 2. The number of rotatable bonds is 18. The van der Waals surface area contributed by atoms with Gasteiger partial charge in [0.1, 0.15) is 12.7 Å². The summed E-state index contributed by atoms with van der Waals surface area (Å²) in [7, 11) is 0. The average Bonchev–Trinajstić information content (AvgIpc) is 3.06. The quantitative estimate of drug-likeness (QED) is 0.139. The van der Waals surface area contributed by atoms with Gasteiger partial charge in [0, 0.05) is 6.42 Å². The van der Waals surface area contributed by atoms with Crippen LogP contribution in [0.3, 0.4) is 0 Å². The number of unbranched alkanes of at least 4 members (excludes halogenated alkanes) is 7. The van der Waals surface area contributed by atoms with Crippen LogP contribution < -0.4 is 0 Å². The molecule has 0 aliphatic carbocycles. The van der Waals surface area contributed by atoms with Gasteiger partial charge in [0.2, 0.25) is 5.76 Å². The van der Waals surface area contributed by atoms with Crippen LogP contribution >= 0.6 is 0 Å². The lowest BCUT2D eigenvalue weighted by Gasteiger charge is -2.17. The molecule has 1 unspecified atom stereocenters. The summed E-state index contributed by atoms with van der Waals surface area (Å²) in [6, 6.07) is 0. The first-order valence-corrected chi connectivity index (χ1v) is 12.1. The van der Waals surface area contributed by atoms with E-state index in [9.17, 15) is 24.9 Å². The van der Waals surface area contributed by atoms with Gasteiger partial charge in [0.05, 0.1) is 0 Å². The lowest BCUT2D eigenvalue weighted by Crippen LogP contribution is -2.33. The van der Waals surface area contributed by atoms with Crippen molar-refractivity contribution in [2.24, 2.45) is 0 Å². The fourth-order valence-electron chi connectivity index (χ4n) is 3.24. The van der Waals surface area contributed by atoms with Gasteiger partial charge in [-0.15, -0.1) is 0 Å². The summed E-state index contributed by atoms with van der Waals surface area (Å²) >= 11 is 0. The number of aliphatic hydroxyl groups excluding tert-OH is 3. The SMILES string of the molecule is CCCCC/C=C\C/C=C\C/C=C\CCCCCCC(=O)OCC(O)[C@@H]1OC(=O)C(O)=C1O. The van der Waals surface area contributed by atoms with Crippen molar-refractivity contribution < 1.29 is 34.4 Å². The van der Waals surface area contributed by atoms with E-state index in [1.165, 1.54) is 25.7 Å². The lowest BCUT2D eigenvalue weighted by molar-refractivity contribution is -0.154. The number of cyclic esters (lactones) is 1. The molecule has 0 saturated carbocycles. The highest BCUT2D eigenvalue weighted by atomic mass is 16.6. The van der Waals surface area contributed by atoms with Crippen molar-refractivity contribution in [3.63, 3.8) is 0 Å². The first-order chi connectivity index (χ1) is 16.0. The Morgan fingerprint density at radius 3 is 2.09 bits per heavy atom. The molecular formula is C26H40O7. The Bertz CT molecular complexity index is 691. The standard InChI is InChI=1S/C26H40O7/c1-2-3-4-5-6-7-8-9-10-11-12-13-14-15-16-17-18-19-22(28)32-20-21(27)25-23(29)24(30)26(31)33-25/h6-7,9-10,12-13,21,25,27,29-30H,2-5,8,11,14-20H2,1H3/b7-6-,10-9-,13-12-/t21?,25-/m0/s1. The molecule has 0 radical (unpaired) electrons. The highest BCUT2D eigenvalue weighted by molar-refractivity contribution is 5.89. The van der Waals surface area contributed by atoms with Crippen molar-refractivity contribution in [2.45, 2.75) is 96.2 Å². The molecule has 2 atom stereocenters. The van der Waals surface area contributed by atoms with Crippen LogP contribution in [0.25, 0.3) is 0 Å². The minimum atomic E-state index is -1.43. The molecule has 1 rings (SSSR count). The Labute approximate surface area is 197 Å². The van der Waals surface area contributed by atoms with Gasteiger partial charge >= 0.3 is 11.9 Å². The Balaban J connectivity index is 1.96. The third-order valence-corrected chi connectivity index (χ3v) is 5.22. The third-order valence-electron chi connectivity index (χ3n) is 5.22.